The number of fused-ring (bicyclic) bond motifs is 4. The molecule has 0 bridgehead atoms. The first-order chi connectivity index (χ1) is 14.1. The number of likely N-dealkylation sites (tertiary alicyclic amines) is 1. The van der Waals surface area contributed by atoms with Crippen LogP contribution in [0.4, 0.5) is 4.39 Å². The average Bonchev–Trinajstić information content (AvgIpc) is 3.67. The number of Topliss-reactive ketones (excluding diaryl/α,β-unsaturated/α-hetero) is 1. The highest BCUT2D eigenvalue weighted by atomic mass is 19.1. The van der Waals surface area contributed by atoms with Crippen LogP contribution in [0, 0.1) is 11.7 Å². The maximum absolute atomic E-state index is 12.7. The van der Waals surface area contributed by atoms with Gasteiger partial charge in [0.15, 0.2) is 5.78 Å². The Morgan fingerprint density at radius 1 is 0.966 bits per heavy atom. The number of rotatable bonds is 4. The van der Waals surface area contributed by atoms with Gasteiger partial charge in [-0.3, -0.25) is 9.69 Å². The summed E-state index contributed by atoms with van der Waals surface area (Å²) in [6.07, 6.45) is 5.83. The van der Waals surface area contributed by atoms with Crippen molar-refractivity contribution in [3.63, 3.8) is 0 Å². The van der Waals surface area contributed by atoms with Crippen molar-refractivity contribution in [2.45, 2.75) is 49.9 Å². The van der Waals surface area contributed by atoms with Crippen molar-refractivity contribution in [3.8, 4) is 0 Å². The van der Waals surface area contributed by atoms with Gasteiger partial charge in [0.1, 0.15) is 5.82 Å². The van der Waals surface area contributed by atoms with E-state index in [0.717, 1.165) is 56.2 Å². The maximum atomic E-state index is 12.7. The Hall–Kier alpha value is -2.04. The molecule has 4 aliphatic rings. The van der Waals surface area contributed by atoms with E-state index in [1.165, 1.54) is 23.1 Å². The third kappa shape index (κ3) is 3.88. The van der Waals surface area contributed by atoms with E-state index in [4.69, 9.17) is 5.73 Å². The molecule has 0 spiro atoms. The smallest absolute Gasteiger partial charge is 0.165 e. The molecule has 4 heteroatoms. The molecule has 152 valence electrons. The van der Waals surface area contributed by atoms with Crippen LogP contribution < -0.4 is 5.73 Å². The molecule has 2 aromatic carbocycles. The highest BCUT2D eigenvalue weighted by Gasteiger charge is 2.50. The van der Waals surface area contributed by atoms with Gasteiger partial charge in [0.2, 0.25) is 0 Å². The maximum Gasteiger partial charge on any atom is 0.165 e. The van der Waals surface area contributed by atoms with Crippen LogP contribution in [0.3, 0.4) is 0 Å². The topological polar surface area (TPSA) is 46.3 Å². The van der Waals surface area contributed by atoms with Crippen LogP contribution in [-0.2, 0) is 0 Å². The lowest BCUT2D eigenvalue weighted by atomic mass is 9.86. The van der Waals surface area contributed by atoms with Gasteiger partial charge in [-0.25, -0.2) is 4.39 Å². The van der Waals surface area contributed by atoms with Crippen molar-refractivity contribution in [1.82, 2.24) is 4.90 Å². The Kier molecular flexibility index (Phi) is 5.00. The van der Waals surface area contributed by atoms with E-state index in [9.17, 15) is 9.18 Å². The number of piperidine rings is 1. The van der Waals surface area contributed by atoms with Crippen LogP contribution in [0.1, 0.15) is 76.9 Å². The Labute approximate surface area is 172 Å². The number of hydrogen-bond acceptors (Lipinski definition) is 3. The predicted molar refractivity (Wildman–Crippen MR) is 113 cm³/mol. The van der Waals surface area contributed by atoms with Crippen LogP contribution >= 0.6 is 0 Å². The summed E-state index contributed by atoms with van der Waals surface area (Å²) in [4.78, 5) is 14.1. The van der Waals surface area contributed by atoms with Crippen LogP contribution in [0.5, 0.6) is 0 Å². The van der Waals surface area contributed by atoms with Crippen LogP contribution in [0.2, 0.25) is 0 Å². The first kappa shape index (κ1) is 19.0. The van der Waals surface area contributed by atoms with Crippen LogP contribution in [0.15, 0.2) is 42.5 Å². The summed E-state index contributed by atoms with van der Waals surface area (Å²) in [5.74, 6) is 2.87. The molecule has 2 N–H and O–H groups in total. The third-order valence-corrected chi connectivity index (χ3v) is 7.10. The van der Waals surface area contributed by atoms with Crippen LogP contribution in [0.25, 0.3) is 0 Å². The van der Waals surface area contributed by atoms with Crippen molar-refractivity contribution in [2.24, 2.45) is 11.7 Å². The summed E-state index contributed by atoms with van der Waals surface area (Å²) >= 11 is 0. The van der Waals surface area contributed by atoms with Gasteiger partial charge < -0.3 is 5.73 Å². The lowest BCUT2D eigenvalue weighted by Gasteiger charge is -2.30. The van der Waals surface area contributed by atoms with Crippen molar-refractivity contribution >= 4 is 5.78 Å². The highest BCUT2D eigenvalue weighted by molar-refractivity contribution is 5.99. The second kappa shape index (κ2) is 7.66. The predicted octanol–water partition coefficient (Wildman–Crippen LogP) is 4.79. The van der Waals surface area contributed by atoms with E-state index in [-0.39, 0.29) is 5.82 Å². The fourth-order valence-corrected chi connectivity index (χ4v) is 4.94. The van der Waals surface area contributed by atoms with Crippen molar-refractivity contribution < 1.29 is 9.18 Å². The van der Waals surface area contributed by atoms with Crippen molar-refractivity contribution in [2.75, 3.05) is 19.8 Å². The number of carbonyl (C=O) groups is 1. The van der Waals surface area contributed by atoms with E-state index in [0.29, 0.717) is 24.3 Å². The molecule has 0 radical (unpaired) electrons. The van der Waals surface area contributed by atoms with Gasteiger partial charge in [-0.2, -0.15) is 0 Å². The molecule has 3 aliphatic carbocycles. The van der Waals surface area contributed by atoms with Gasteiger partial charge in [-0.05, 0) is 97.8 Å². The van der Waals surface area contributed by atoms with E-state index >= 15 is 0 Å². The van der Waals surface area contributed by atoms with Crippen molar-refractivity contribution in [3.05, 3.63) is 70.5 Å². The minimum Gasteiger partial charge on any atom is -0.318 e. The quantitative estimate of drug-likeness (QED) is 0.762. The fourth-order valence-electron chi connectivity index (χ4n) is 4.94. The molecule has 0 aromatic heterocycles. The second-order valence-corrected chi connectivity index (χ2v) is 9.06. The summed E-state index contributed by atoms with van der Waals surface area (Å²) in [5, 5.41) is 0. The number of nitrogens with two attached hydrogens (primary N) is 1. The standard InChI is InChI=1S/C13H12O.C12H17FN2/c14-13(7-1-2-7)8-3-4-9-10(5-8)12-6-11(9)12;13-12-3-1-10(2-4-12)11-5-7-15(9-14)8-6-11/h3-5,7,11-12H,1-2,6H2;1-4,11H,5-9,14H2. The number of halogens is 1. The summed E-state index contributed by atoms with van der Waals surface area (Å²) in [5.41, 5.74) is 10.8. The van der Waals surface area contributed by atoms with Gasteiger partial charge in [0.05, 0.1) is 0 Å². The molecule has 29 heavy (non-hydrogen) atoms. The molecule has 2 atom stereocenters. The Morgan fingerprint density at radius 2 is 1.66 bits per heavy atom. The third-order valence-electron chi connectivity index (χ3n) is 7.10. The average molecular weight is 393 g/mol. The number of carbonyl (C=O) groups excluding carboxylic acids is 1. The molecular formula is C25H29FN2O. The number of ketones is 1. The summed E-state index contributed by atoms with van der Waals surface area (Å²) in [7, 11) is 0. The van der Waals surface area contributed by atoms with Gasteiger partial charge in [-0.15, -0.1) is 0 Å². The van der Waals surface area contributed by atoms with E-state index in [2.05, 4.69) is 17.0 Å². The van der Waals surface area contributed by atoms with E-state index < -0.39 is 0 Å². The Balaban J connectivity index is 0.000000125. The number of hydrogen-bond donors (Lipinski definition) is 1. The minimum absolute atomic E-state index is 0.154. The first-order valence-corrected chi connectivity index (χ1v) is 11.0. The molecule has 3 nitrogen and oxygen atoms in total. The van der Waals surface area contributed by atoms with Crippen molar-refractivity contribution in [1.29, 1.82) is 0 Å². The van der Waals surface area contributed by atoms with E-state index in [1.807, 2.05) is 18.2 Å². The number of benzene rings is 2. The highest BCUT2D eigenvalue weighted by Crippen LogP contribution is 2.65. The fraction of sp³-hybridized carbons (Fsp3) is 0.480. The molecule has 0 amide bonds. The van der Waals surface area contributed by atoms with Gasteiger partial charge in [0, 0.05) is 18.2 Å². The van der Waals surface area contributed by atoms with Gasteiger partial charge in [0.25, 0.3) is 0 Å². The van der Waals surface area contributed by atoms with Gasteiger partial charge in [-0.1, -0.05) is 24.3 Å². The normalized spacial score (nSPS) is 25.2. The Morgan fingerprint density at radius 3 is 2.31 bits per heavy atom. The van der Waals surface area contributed by atoms with Crippen LogP contribution in [-0.4, -0.2) is 30.4 Å². The molecule has 1 aliphatic heterocycles. The molecular weight excluding hydrogens is 363 g/mol. The number of nitrogens with zero attached hydrogens (tertiary/aromatic N) is 1. The summed E-state index contributed by atoms with van der Waals surface area (Å²) < 4.78 is 12.7. The first-order valence-electron chi connectivity index (χ1n) is 11.0. The molecule has 2 saturated carbocycles. The molecule has 2 unspecified atom stereocenters. The lowest BCUT2D eigenvalue weighted by molar-refractivity contribution is 0.0967. The molecule has 1 saturated heterocycles. The Bertz CT molecular complexity index is 898. The molecule has 1 heterocycles. The zero-order chi connectivity index (χ0) is 20.0. The summed E-state index contributed by atoms with van der Waals surface area (Å²) in [6.45, 7) is 2.76. The zero-order valence-electron chi connectivity index (χ0n) is 16.8. The molecule has 2 aromatic rings. The SMILES string of the molecule is NCN1CCC(c2ccc(F)cc2)CC1.O=C(c1ccc2c(c1)C1CC21)C1CC1. The lowest BCUT2D eigenvalue weighted by Crippen LogP contribution is -2.36. The monoisotopic (exact) mass is 392 g/mol. The second-order valence-electron chi connectivity index (χ2n) is 9.06. The van der Waals surface area contributed by atoms with Gasteiger partial charge >= 0.3 is 0 Å². The minimum atomic E-state index is -0.154. The molecule has 3 fully saturated rings. The molecule has 6 rings (SSSR count). The largest absolute Gasteiger partial charge is 0.318 e. The zero-order valence-corrected chi connectivity index (χ0v) is 16.8. The van der Waals surface area contributed by atoms with E-state index in [1.54, 1.807) is 12.1 Å². The summed E-state index contributed by atoms with van der Waals surface area (Å²) in [6, 6.07) is 13.3.